The first-order valence-corrected chi connectivity index (χ1v) is 14.6. The monoisotopic (exact) mass is 548 g/mol. The largest absolute Gasteiger partial charge is 0.493 e. The van der Waals surface area contributed by atoms with Crippen molar-refractivity contribution in [2.24, 2.45) is 23.5 Å². The molecule has 0 aromatic heterocycles. The van der Waals surface area contributed by atoms with Gasteiger partial charge in [-0.2, -0.15) is 0 Å². The second kappa shape index (κ2) is 17.5. The Morgan fingerprint density at radius 1 is 1.05 bits per heavy atom. The number of hydrogen-bond donors (Lipinski definition) is 4. The number of carbonyl (C=O) groups is 2. The number of carbonyl (C=O) groups excluding carboxylic acids is 2. The highest BCUT2D eigenvalue weighted by Gasteiger charge is 2.30. The molecule has 9 heteroatoms. The Hall–Kier alpha value is -2.20. The predicted molar refractivity (Wildman–Crippen MR) is 155 cm³/mol. The number of nitrogens with two attached hydrogens (primary N) is 1. The summed E-state index contributed by atoms with van der Waals surface area (Å²) in [5, 5.41) is 17.4. The molecule has 0 spiro atoms. The fourth-order valence-electron chi connectivity index (χ4n) is 4.83. The second-order valence-electron chi connectivity index (χ2n) is 11.5. The maximum atomic E-state index is 13.1. The Morgan fingerprint density at radius 2 is 1.74 bits per heavy atom. The first kappa shape index (κ1) is 33.0. The average Bonchev–Trinajstić information content (AvgIpc) is 2.92. The lowest BCUT2D eigenvalue weighted by Gasteiger charge is -2.35. The lowest BCUT2D eigenvalue weighted by atomic mass is 9.86. The Balaban J connectivity index is 2.09. The predicted octanol–water partition coefficient (Wildman–Crippen LogP) is 2.81. The van der Waals surface area contributed by atoms with Crippen molar-refractivity contribution in [1.29, 1.82) is 0 Å². The normalized spacial score (nSPS) is 17.5. The third kappa shape index (κ3) is 11.4. The number of ether oxygens (including phenoxy) is 2. The van der Waals surface area contributed by atoms with Gasteiger partial charge in [0.1, 0.15) is 5.75 Å². The zero-order valence-corrected chi connectivity index (χ0v) is 24.7. The highest BCUT2D eigenvalue weighted by molar-refractivity contribution is 5.96. The van der Waals surface area contributed by atoms with Crippen molar-refractivity contribution in [2.45, 2.75) is 78.0 Å². The van der Waals surface area contributed by atoms with Crippen LogP contribution in [0.3, 0.4) is 0 Å². The van der Waals surface area contributed by atoms with Gasteiger partial charge in [0.2, 0.25) is 5.91 Å². The molecule has 9 nitrogen and oxygen atoms in total. The summed E-state index contributed by atoms with van der Waals surface area (Å²) >= 11 is 0. The van der Waals surface area contributed by atoms with Crippen molar-refractivity contribution in [2.75, 3.05) is 46.5 Å². The number of aliphatic hydroxyl groups is 1. The molecule has 1 aromatic rings. The molecule has 1 aliphatic heterocycles. The zero-order chi connectivity index (χ0) is 28.8. The van der Waals surface area contributed by atoms with Gasteiger partial charge in [-0.05, 0) is 62.2 Å². The lowest BCUT2D eigenvalue weighted by molar-refractivity contribution is -0.125. The van der Waals surface area contributed by atoms with Crippen LogP contribution in [0.1, 0.15) is 70.2 Å². The number of hydrogen-bond acceptors (Lipinski definition) is 7. The first-order chi connectivity index (χ1) is 18.6. The standard InChI is InChI=1S/C30H52N4O5/c1-21(2)23(19-32-29(36)24-12-7-8-13-27(24)39-17-11-16-38-5)18-25(33-30(37)28(31)22(3)4)26(35)20-34-14-9-6-10-15-34/h7-8,12-13,21-23,25-26,28,35H,6,9-11,14-20,31H2,1-5H3,(H,32,36)(H,33,37)/t23-,25+,26?,28+/m1/s1. The Bertz CT molecular complexity index is 860. The van der Waals surface area contributed by atoms with Crippen molar-refractivity contribution in [1.82, 2.24) is 15.5 Å². The van der Waals surface area contributed by atoms with Gasteiger partial charge in [-0.3, -0.25) is 9.59 Å². The molecule has 1 fully saturated rings. The third-order valence-electron chi connectivity index (χ3n) is 7.61. The fourth-order valence-corrected chi connectivity index (χ4v) is 4.83. The van der Waals surface area contributed by atoms with E-state index >= 15 is 0 Å². The lowest BCUT2D eigenvalue weighted by Crippen LogP contribution is -2.55. The highest BCUT2D eigenvalue weighted by Crippen LogP contribution is 2.22. The molecule has 222 valence electrons. The molecule has 0 aliphatic carbocycles. The van der Waals surface area contributed by atoms with Crippen molar-refractivity contribution >= 4 is 11.8 Å². The molecule has 2 amide bonds. The maximum Gasteiger partial charge on any atom is 0.255 e. The van der Waals surface area contributed by atoms with Crippen LogP contribution in [0, 0.1) is 17.8 Å². The van der Waals surface area contributed by atoms with E-state index in [0.717, 1.165) is 32.4 Å². The summed E-state index contributed by atoms with van der Waals surface area (Å²) in [6, 6.07) is 6.10. The van der Waals surface area contributed by atoms with Gasteiger partial charge in [0.15, 0.2) is 0 Å². The van der Waals surface area contributed by atoms with E-state index in [1.165, 1.54) is 6.42 Å². The van der Waals surface area contributed by atoms with Crippen LogP contribution >= 0.6 is 0 Å². The zero-order valence-electron chi connectivity index (χ0n) is 24.7. The summed E-state index contributed by atoms with van der Waals surface area (Å²) in [7, 11) is 1.65. The number of amides is 2. The van der Waals surface area contributed by atoms with Crippen LogP contribution in [-0.4, -0.2) is 86.5 Å². The van der Waals surface area contributed by atoms with Crippen LogP contribution in [0.5, 0.6) is 5.75 Å². The number of nitrogens with one attached hydrogen (secondary N) is 2. The van der Waals surface area contributed by atoms with E-state index in [0.29, 0.717) is 44.0 Å². The van der Waals surface area contributed by atoms with E-state index in [-0.39, 0.29) is 29.6 Å². The van der Waals surface area contributed by atoms with Gasteiger partial charge in [-0.1, -0.05) is 46.2 Å². The molecule has 1 saturated heterocycles. The molecule has 0 bridgehead atoms. The summed E-state index contributed by atoms with van der Waals surface area (Å²) in [4.78, 5) is 28.3. The van der Waals surface area contributed by atoms with Crippen molar-refractivity contribution in [3.8, 4) is 5.75 Å². The summed E-state index contributed by atoms with van der Waals surface area (Å²) in [5.74, 6) is 0.309. The second-order valence-corrected chi connectivity index (χ2v) is 11.5. The van der Waals surface area contributed by atoms with Crippen LogP contribution < -0.4 is 21.1 Å². The van der Waals surface area contributed by atoms with E-state index < -0.39 is 18.2 Å². The number of rotatable bonds is 17. The van der Waals surface area contributed by atoms with Crippen molar-refractivity contribution in [3.63, 3.8) is 0 Å². The first-order valence-electron chi connectivity index (χ1n) is 14.6. The van der Waals surface area contributed by atoms with E-state index in [1.54, 1.807) is 19.2 Å². The van der Waals surface area contributed by atoms with Crippen molar-refractivity contribution in [3.05, 3.63) is 29.8 Å². The molecular weight excluding hydrogens is 496 g/mol. The van der Waals surface area contributed by atoms with Crippen LogP contribution in [0.4, 0.5) is 0 Å². The third-order valence-corrected chi connectivity index (χ3v) is 7.61. The van der Waals surface area contributed by atoms with Gasteiger partial charge in [-0.25, -0.2) is 0 Å². The fraction of sp³-hybridized carbons (Fsp3) is 0.733. The molecule has 39 heavy (non-hydrogen) atoms. The quantitative estimate of drug-likeness (QED) is 0.221. The van der Waals surface area contributed by atoms with Crippen LogP contribution in [0.25, 0.3) is 0 Å². The minimum atomic E-state index is -0.732. The maximum absolute atomic E-state index is 13.1. The van der Waals surface area contributed by atoms with Gasteiger partial charge < -0.3 is 35.8 Å². The van der Waals surface area contributed by atoms with Crippen LogP contribution in [0.15, 0.2) is 24.3 Å². The Morgan fingerprint density at radius 3 is 2.38 bits per heavy atom. The summed E-state index contributed by atoms with van der Waals surface area (Å²) in [5.41, 5.74) is 6.61. The molecule has 1 heterocycles. The van der Waals surface area contributed by atoms with Gasteiger partial charge >= 0.3 is 0 Å². The SMILES string of the molecule is COCCCOc1ccccc1C(=O)NC[C@@H](C[C@H](NC(=O)[C@@H](N)C(C)C)C(O)CN1CCCCC1)C(C)C. The molecular formula is C30H52N4O5. The number of β-amino-alcohol motifs (C(OH)–C–C–N with tert-alkyl or cyclic N) is 1. The van der Waals surface area contributed by atoms with E-state index in [1.807, 2.05) is 26.0 Å². The molecule has 0 radical (unpaired) electrons. The van der Waals surface area contributed by atoms with Gasteiger partial charge in [-0.15, -0.1) is 0 Å². The topological polar surface area (TPSA) is 126 Å². The molecule has 1 aromatic carbocycles. The molecule has 1 unspecified atom stereocenters. The summed E-state index contributed by atoms with van der Waals surface area (Å²) in [6.07, 6.45) is 3.99. The summed E-state index contributed by atoms with van der Waals surface area (Å²) in [6.45, 7) is 11.9. The van der Waals surface area contributed by atoms with Crippen LogP contribution in [-0.2, 0) is 9.53 Å². The number of piperidine rings is 1. The Kier molecular flexibility index (Phi) is 14.8. The van der Waals surface area contributed by atoms with Gasteiger partial charge in [0, 0.05) is 33.2 Å². The smallest absolute Gasteiger partial charge is 0.255 e. The minimum absolute atomic E-state index is 0.0122. The van der Waals surface area contributed by atoms with E-state index in [9.17, 15) is 14.7 Å². The molecule has 2 rings (SSSR count). The highest BCUT2D eigenvalue weighted by atomic mass is 16.5. The summed E-state index contributed by atoms with van der Waals surface area (Å²) < 4.78 is 10.9. The van der Waals surface area contributed by atoms with Gasteiger partial charge in [0.05, 0.1) is 30.4 Å². The number of nitrogens with zero attached hydrogens (tertiary/aromatic N) is 1. The van der Waals surface area contributed by atoms with E-state index in [4.69, 9.17) is 15.2 Å². The molecule has 1 aliphatic rings. The van der Waals surface area contributed by atoms with Crippen molar-refractivity contribution < 1.29 is 24.2 Å². The van der Waals surface area contributed by atoms with E-state index in [2.05, 4.69) is 29.4 Å². The number of aliphatic hydroxyl groups excluding tert-OH is 1. The molecule has 4 atom stereocenters. The Labute approximate surface area is 235 Å². The minimum Gasteiger partial charge on any atom is -0.493 e. The number of benzene rings is 1. The number of para-hydroxylation sites is 1. The number of methoxy groups -OCH3 is 1. The molecule has 5 N–H and O–H groups in total. The molecule has 0 saturated carbocycles. The van der Waals surface area contributed by atoms with Crippen LogP contribution in [0.2, 0.25) is 0 Å². The average molecular weight is 549 g/mol. The number of likely N-dealkylation sites (tertiary alicyclic amines) is 1. The van der Waals surface area contributed by atoms with Gasteiger partial charge in [0.25, 0.3) is 5.91 Å².